The molecule has 0 spiro atoms. The third-order valence-electron chi connectivity index (χ3n) is 4.79. The molecule has 1 unspecified atom stereocenters. The van der Waals surface area contributed by atoms with Crippen molar-refractivity contribution >= 4 is 27.7 Å². The van der Waals surface area contributed by atoms with Crippen LogP contribution >= 0.6 is 0 Å². The van der Waals surface area contributed by atoms with Crippen molar-refractivity contribution in [1.29, 1.82) is 0 Å². The Balaban J connectivity index is 1.82. The number of esters is 1. The van der Waals surface area contributed by atoms with Gasteiger partial charge in [0.05, 0.1) is 13.5 Å². The molecular formula is C22H26N4O5S. The van der Waals surface area contributed by atoms with E-state index in [0.29, 0.717) is 11.4 Å². The van der Waals surface area contributed by atoms with Crippen LogP contribution in [0.3, 0.4) is 0 Å². The second-order valence-electron chi connectivity index (χ2n) is 8.40. The maximum absolute atomic E-state index is 13.2. The lowest BCUT2D eigenvalue weighted by molar-refractivity contribution is -0.140. The highest BCUT2D eigenvalue weighted by atomic mass is 32.2. The zero-order chi connectivity index (χ0) is 23.5. The molecule has 0 aromatic carbocycles. The van der Waals surface area contributed by atoms with Crippen molar-refractivity contribution < 1.29 is 22.7 Å². The number of rotatable bonds is 7. The molecule has 32 heavy (non-hydrogen) atoms. The van der Waals surface area contributed by atoms with Crippen molar-refractivity contribution in [2.75, 3.05) is 18.6 Å². The van der Waals surface area contributed by atoms with Gasteiger partial charge >= 0.3 is 5.97 Å². The van der Waals surface area contributed by atoms with Gasteiger partial charge in [0.15, 0.2) is 0 Å². The first-order valence-corrected chi connectivity index (χ1v) is 11.5. The first-order chi connectivity index (χ1) is 15.0. The van der Waals surface area contributed by atoms with Crippen LogP contribution in [0.25, 0.3) is 0 Å². The van der Waals surface area contributed by atoms with E-state index in [-0.39, 0.29) is 23.8 Å². The number of pyridine rings is 2. The normalized spacial score (nSPS) is 15.4. The molecule has 9 nitrogen and oxygen atoms in total. The maximum Gasteiger partial charge on any atom is 0.306 e. The Morgan fingerprint density at radius 3 is 2.56 bits per heavy atom. The number of methoxy groups -OCH3 is 1. The zero-order valence-corrected chi connectivity index (χ0v) is 19.2. The standard InChI is InChI=1S/C22H26N4O5S/c1-22(2,3)25-32(29,30)16-7-8-19(24-14-16)26-11-9-17(21(26)28)18(12-20(27)31-4)15-6-5-10-23-13-15/h5-10,13-14,18,25H,11-12H2,1-4H3. The fourth-order valence-corrected chi connectivity index (χ4v) is 4.76. The molecule has 0 saturated carbocycles. The number of sulfonamides is 1. The Kier molecular flexibility index (Phi) is 6.75. The Hall–Kier alpha value is -3.11. The van der Waals surface area contributed by atoms with Gasteiger partial charge in [-0.1, -0.05) is 12.1 Å². The molecular weight excluding hydrogens is 432 g/mol. The fourth-order valence-electron chi connectivity index (χ4n) is 3.40. The van der Waals surface area contributed by atoms with Gasteiger partial charge in [-0.3, -0.25) is 19.5 Å². The summed E-state index contributed by atoms with van der Waals surface area (Å²) in [7, 11) is -2.44. The van der Waals surface area contributed by atoms with Gasteiger partial charge in [0.25, 0.3) is 5.91 Å². The van der Waals surface area contributed by atoms with Crippen LogP contribution in [0.2, 0.25) is 0 Å². The minimum absolute atomic E-state index is 0.00328. The van der Waals surface area contributed by atoms with Gasteiger partial charge in [0.2, 0.25) is 10.0 Å². The monoisotopic (exact) mass is 458 g/mol. The fraction of sp³-hybridized carbons (Fsp3) is 0.364. The molecule has 0 bridgehead atoms. The summed E-state index contributed by atoms with van der Waals surface area (Å²) >= 11 is 0. The van der Waals surface area contributed by atoms with Gasteiger partial charge in [-0.25, -0.2) is 18.1 Å². The summed E-state index contributed by atoms with van der Waals surface area (Å²) in [4.78, 5) is 34.9. The topological polar surface area (TPSA) is 119 Å². The Morgan fingerprint density at radius 2 is 2.00 bits per heavy atom. The minimum Gasteiger partial charge on any atom is -0.469 e. The molecule has 3 rings (SSSR count). The van der Waals surface area contributed by atoms with Gasteiger partial charge in [0.1, 0.15) is 10.7 Å². The molecule has 1 amide bonds. The number of hydrogen-bond acceptors (Lipinski definition) is 7. The molecule has 0 fully saturated rings. The third-order valence-corrected chi connectivity index (χ3v) is 6.54. The van der Waals surface area contributed by atoms with Crippen molar-refractivity contribution in [2.24, 2.45) is 0 Å². The van der Waals surface area contributed by atoms with E-state index >= 15 is 0 Å². The van der Waals surface area contributed by atoms with Crippen LogP contribution in [0.1, 0.15) is 38.7 Å². The largest absolute Gasteiger partial charge is 0.469 e. The molecule has 0 aliphatic carbocycles. The first-order valence-electron chi connectivity index (χ1n) is 10.0. The molecule has 1 N–H and O–H groups in total. The van der Waals surface area contributed by atoms with E-state index < -0.39 is 27.4 Å². The molecule has 2 aromatic rings. The van der Waals surface area contributed by atoms with Crippen LogP contribution in [-0.4, -0.2) is 49.5 Å². The molecule has 0 saturated heterocycles. The van der Waals surface area contributed by atoms with Crippen LogP contribution in [0, 0.1) is 0 Å². The number of amides is 1. The lowest BCUT2D eigenvalue weighted by Gasteiger charge is -2.21. The number of hydrogen-bond donors (Lipinski definition) is 1. The van der Waals surface area contributed by atoms with E-state index in [1.807, 2.05) is 0 Å². The van der Waals surface area contributed by atoms with Gasteiger partial charge < -0.3 is 4.74 Å². The van der Waals surface area contributed by atoms with E-state index in [2.05, 4.69) is 14.7 Å². The van der Waals surface area contributed by atoms with Crippen molar-refractivity contribution in [2.45, 2.75) is 43.5 Å². The predicted octanol–water partition coefficient (Wildman–Crippen LogP) is 2.17. The Labute approximate surface area is 187 Å². The third kappa shape index (κ3) is 5.38. The second-order valence-corrected chi connectivity index (χ2v) is 10.1. The van der Waals surface area contributed by atoms with Crippen LogP contribution in [0.5, 0.6) is 0 Å². The predicted molar refractivity (Wildman–Crippen MR) is 118 cm³/mol. The molecule has 3 heterocycles. The number of carbonyl (C=O) groups excluding carboxylic acids is 2. The Morgan fingerprint density at radius 1 is 1.25 bits per heavy atom. The van der Waals surface area contributed by atoms with Crippen molar-refractivity contribution in [3.63, 3.8) is 0 Å². The van der Waals surface area contributed by atoms with E-state index in [1.165, 1.54) is 30.3 Å². The minimum atomic E-state index is -3.74. The average Bonchev–Trinajstić information content (AvgIpc) is 3.12. The molecule has 10 heteroatoms. The van der Waals surface area contributed by atoms with Gasteiger partial charge in [-0.15, -0.1) is 0 Å². The summed E-state index contributed by atoms with van der Waals surface area (Å²) in [6.07, 6.45) is 6.20. The summed E-state index contributed by atoms with van der Waals surface area (Å²) in [5, 5.41) is 0. The van der Waals surface area contributed by atoms with E-state index in [9.17, 15) is 18.0 Å². The van der Waals surface area contributed by atoms with E-state index in [1.54, 1.807) is 51.4 Å². The maximum atomic E-state index is 13.2. The SMILES string of the molecule is COC(=O)CC(C1=CCN(c2ccc(S(=O)(=O)NC(C)(C)C)cn2)C1=O)c1cccnc1. The average molecular weight is 459 g/mol. The number of nitrogens with one attached hydrogen (secondary N) is 1. The summed E-state index contributed by atoms with van der Waals surface area (Å²) in [6.45, 7) is 5.49. The smallest absolute Gasteiger partial charge is 0.306 e. The van der Waals surface area contributed by atoms with Crippen LogP contribution in [0.4, 0.5) is 5.82 Å². The lowest BCUT2D eigenvalue weighted by Crippen LogP contribution is -2.40. The van der Waals surface area contributed by atoms with Crippen molar-refractivity contribution in [3.8, 4) is 0 Å². The van der Waals surface area contributed by atoms with Crippen LogP contribution in [-0.2, 0) is 24.3 Å². The Bertz CT molecular complexity index is 1120. The number of carbonyl (C=O) groups is 2. The second kappa shape index (κ2) is 9.17. The summed E-state index contributed by atoms with van der Waals surface area (Å²) in [6, 6.07) is 6.45. The molecule has 2 aromatic heterocycles. The number of aromatic nitrogens is 2. The highest BCUT2D eigenvalue weighted by Gasteiger charge is 2.34. The first kappa shape index (κ1) is 23.6. The molecule has 0 radical (unpaired) electrons. The summed E-state index contributed by atoms with van der Waals surface area (Å²) in [5.74, 6) is -0.938. The van der Waals surface area contributed by atoms with Crippen molar-refractivity contribution in [1.82, 2.24) is 14.7 Å². The highest BCUT2D eigenvalue weighted by molar-refractivity contribution is 7.89. The molecule has 170 valence electrons. The van der Waals surface area contributed by atoms with E-state index in [4.69, 9.17) is 4.74 Å². The quantitative estimate of drug-likeness (QED) is 0.632. The molecule has 1 aliphatic rings. The van der Waals surface area contributed by atoms with Gasteiger partial charge in [-0.05, 0) is 44.5 Å². The highest BCUT2D eigenvalue weighted by Crippen LogP contribution is 2.33. The number of nitrogens with zero attached hydrogens (tertiary/aromatic N) is 3. The zero-order valence-electron chi connectivity index (χ0n) is 18.4. The van der Waals surface area contributed by atoms with E-state index in [0.717, 1.165) is 5.56 Å². The van der Waals surface area contributed by atoms with Crippen LogP contribution < -0.4 is 9.62 Å². The molecule has 1 atom stereocenters. The van der Waals surface area contributed by atoms with Gasteiger partial charge in [-0.2, -0.15) is 0 Å². The van der Waals surface area contributed by atoms with Crippen LogP contribution in [0.15, 0.2) is 59.4 Å². The summed E-state index contributed by atoms with van der Waals surface area (Å²) in [5.41, 5.74) is 0.528. The molecule has 1 aliphatic heterocycles. The number of anilines is 1. The number of ether oxygens (including phenoxy) is 1. The van der Waals surface area contributed by atoms with Crippen molar-refractivity contribution in [3.05, 3.63) is 60.1 Å². The summed E-state index contributed by atoms with van der Waals surface area (Å²) < 4.78 is 32.3. The lowest BCUT2D eigenvalue weighted by atomic mass is 9.89. The van der Waals surface area contributed by atoms with Gasteiger partial charge in [0, 0.05) is 42.2 Å².